The Kier molecular flexibility index (Phi) is 3.72. The first-order valence-corrected chi connectivity index (χ1v) is 7.07. The average molecular weight is 359 g/mol. The number of ether oxygens (including phenoxy) is 2. The Labute approximate surface area is 128 Å². The Morgan fingerprint density at radius 3 is 2.70 bits per heavy atom. The fourth-order valence-corrected chi connectivity index (χ4v) is 2.48. The molecule has 2 aromatic carbocycles. The first kappa shape index (κ1) is 13.5. The third-order valence-electron chi connectivity index (χ3n) is 2.94. The number of anilines is 1. The lowest BCUT2D eigenvalue weighted by molar-refractivity contribution is 0.174. The van der Waals surface area contributed by atoms with Crippen molar-refractivity contribution in [1.29, 1.82) is 0 Å². The SMILES string of the molecule is Fc1cc(NCc2cc3c(cc2Br)OCO3)ccc1Cl. The van der Waals surface area contributed by atoms with Crippen molar-refractivity contribution in [3.8, 4) is 11.5 Å². The molecule has 0 aromatic heterocycles. The summed E-state index contributed by atoms with van der Waals surface area (Å²) in [6, 6.07) is 8.37. The first-order valence-electron chi connectivity index (χ1n) is 5.90. The van der Waals surface area contributed by atoms with E-state index in [1.807, 2.05) is 12.1 Å². The van der Waals surface area contributed by atoms with Gasteiger partial charge in [-0.15, -0.1) is 0 Å². The van der Waals surface area contributed by atoms with E-state index in [0.29, 0.717) is 18.0 Å². The van der Waals surface area contributed by atoms with Crippen molar-refractivity contribution in [2.75, 3.05) is 12.1 Å². The molecule has 0 bridgehead atoms. The van der Waals surface area contributed by atoms with Crippen LogP contribution < -0.4 is 14.8 Å². The molecule has 1 heterocycles. The van der Waals surface area contributed by atoms with Crippen molar-refractivity contribution in [2.24, 2.45) is 0 Å². The van der Waals surface area contributed by atoms with Gasteiger partial charge in [0.25, 0.3) is 0 Å². The zero-order valence-corrected chi connectivity index (χ0v) is 12.6. The lowest BCUT2D eigenvalue weighted by Gasteiger charge is -2.10. The van der Waals surface area contributed by atoms with E-state index in [1.165, 1.54) is 12.1 Å². The number of rotatable bonds is 3. The predicted octanol–water partition coefficient (Wildman–Crippen LogP) is 4.58. The lowest BCUT2D eigenvalue weighted by Crippen LogP contribution is -2.00. The molecule has 0 spiro atoms. The van der Waals surface area contributed by atoms with Crippen molar-refractivity contribution < 1.29 is 13.9 Å². The highest BCUT2D eigenvalue weighted by molar-refractivity contribution is 9.10. The van der Waals surface area contributed by atoms with Gasteiger partial charge in [0.05, 0.1) is 5.02 Å². The van der Waals surface area contributed by atoms with Crippen molar-refractivity contribution in [1.82, 2.24) is 0 Å². The van der Waals surface area contributed by atoms with Crippen LogP contribution in [-0.4, -0.2) is 6.79 Å². The van der Waals surface area contributed by atoms with Crippen LogP contribution in [0.15, 0.2) is 34.8 Å². The number of benzene rings is 2. The van der Waals surface area contributed by atoms with Gasteiger partial charge in [-0.25, -0.2) is 4.39 Å². The molecule has 0 amide bonds. The zero-order valence-electron chi connectivity index (χ0n) is 10.3. The molecule has 2 aromatic rings. The third kappa shape index (κ3) is 2.69. The summed E-state index contributed by atoms with van der Waals surface area (Å²) < 4.78 is 24.9. The first-order chi connectivity index (χ1) is 9.63. The summed E-state index contributed by atoms with van der Waals surface area (Å²) in [6.07, 6.45) is 0. The molecular weight excluding hydrogens is 349 g/mol. The van der Waals surface area contributed by atoms with Gasteiger partial charge < -0.3 is 14.8 Å². The summed E-state index contributed by atoms with van der Waals surface area (Å²) in [6.45, 7) is 0.763. The normalized spacial score (nSPS) is 12.6. The number of fused-ring (bicyclic) bond motifs is 1. The van der Waals surface area contributed by atoms with Crippen LogP contribution in [-0.2, 0) is 6.54 Å². The van der Waals surface area contributed by atoms with E-state index >= 15 is 0 Å². The minimum atomic E-state index is -0.443. The Bertz CT molecular complexity index is 666. The molecule has 0 saturated heterocycles. The minimum Gasteiger partial charge on any atom is -0.454 e. The number of hydrogen-bond acceptors (Lipinski definition) is 3. The van der Waals surface area contributed by atoms with Crippen LogP contribution in [0.5, 0.6) is 11.5 Å². The Morgan fingerprint density at radius 1 is 1.20 bits per heavy atom. The molecule has 0 aliphatic carbocycles. The fraction of sp³-hybridized carbons (Fsp3) is 0.143. The topological polar surface area (TPSA) is 30.5 Å². The van der Waals surface area contributed by atoms with Gasteiger partial charge in [-0.05, 0) is 35.9 Å². The summed E-state index contributed by atoms with van der Waals surface area (Å²) in [4.78, 5) is 0. The Morgan fingerprint density at radius 2 is 1.95 bits per heavy atom. The molecule has 0 fully saturated rings. The van der Waals surface area contributed by atoms with Crippen LogP contribution in [0.1, 0.15) is 5.56 Å². The quantitative estimate of drug-likeness (QED) is 0.871. The molecule has 0 atom stereocenters. The van der Waals surface area contributed by atoms with Crippen molar-refractivity contribution in [2.45, 2.75) is 6.54 Å². The maximum Gasteiger partial charge on any atom is 0.231 e. The molecular formula is C14H10BrClFNO2. The van der Waals surface area contributed by atoms with Gasteiger partial charge in [0.15, 0.2) is 11.5 Å². The number of hydrogen-bond donors (Lipinski definition) is 1. The van der Waals surface area contributed by atoms with Gasteiger partial charge in [-0.2, -0.15) is 0 Å². The summed E-state index contributed by atoms with van der Waals surface area (Å²) in [7, 11) is 0. The predicted molar refractivity (Wildman–Crippen MR) is 79.0 cm³/mol. The van der Waals surface area contributed by atoms with E-state index in [1.54, 1.807) is 6.07 Å². The van der Waals surface area contributed by atoms with Crippen LogP contribution in [0.4, 0.5) is 10.1 Å². The van der Waals surface area contributed by atoms with Gasteiger partial charge in [0.1, 0.15) is 5.82 Å². The van der Waals surface area contributed by atoms with Crippen LogP contribution >= 0.6 is 27.5 Å². The highest BCUT2D eigenvalue weighted by atomic mass is 79.9. The largest absolute Gasteiger partial charge is 0.454 e. The van der Waals surface area contributed by atoms with Crippen molar-refractivity contribution in [3.05, 3.63) is 51.2 Å². The fourth-order valence-electron chi connectivity index (χ4n) is 1.90. The maximum atomic E-state index is 13.3. The molecule has 1 N–H and O–H groups in total. The van der Waals surface area contributed by atoms with E-state index in [-0.39, 0.29) is 11.8 Å². The van der Waals surface area contributed by atoms with E-state index in [0.717, 1.165) is 15.8 Å². The van der Waals surface area contributed by atoms with Crippen molar-refractivity contribution in [3.63, 3.8) is 0 Å². The number of halogens is 3. The van der Waals surface area contributed by atoms with Crippen LogP contribution in [0.2, 0.25) is 5.02 Å². The lowest BCUT2D eigenvalue weighted by atomic mass is 10.2. The van der Waals surface area contributed by atoms with Crippen LogP contribution in [0, 0.1) is 5.82 Å². The van der Waals surface area contributed by atoms with Gasteiger partial charge in [0.2, 0.25) is 6.79 Å². The molecule has 0 saturated carbocycles. The molecule has 0 unspecified atom stereocenters. The molecule has 3 rings (SSSR count). The van der Waals surface area contributed by atoms with E-state index in [9.17, 15) is 4.39 Å². The van der Waals surface area contributed by atoms with Crippen LogP contribution in [0.25, 0.3) is 0 Å². The Hall–Kier alpha value is -1.46. The molecule has 104 valence electrons. The average Bonchev–Trinajstić information content (AvgIpc) is 2.87. The summed E-state index contributed by atoms with van der Waals surface area (Å²) >= 11 is 9.13. The van der Waals surface area contributed by atoms with Gasteiger partial charge in [-0.1, -0.05) is 27.5 Å². The monoisotopic (exact) mass is 357 g/mol. The third-order valence-corrected chi connectivity index (χ3v) is 3.99. The smallest absolute Gasteiger partial charge is 0.231 e. The van der Waals surface area contributed by atoms with Gasteiger partial charge in [-0.3, -0.25) is 0 Å². The molecule has 1 aliphatic heterocycles. The summed E-state index contributed by atoms with van der Waals surface area (Å²) in [5, 5.41) is 3.25. The molecule has 1 aliphatic rings. The highest BCUT2D eigenvalue weighted by Gasteiger charge is 2.16. The second-order valence-corrected chi connectivity index (χ2v) is 5.54. The van der Waals surface area contributed by atoms with Crippen molar-refractivity contribution >= 4 is 33.2 Å². The molecule has 20 heavy (non-hydrogen) atoms. The van der Waals surface area contributed by atoms with E-state index in [2.05, 4.69) is 21.2 Å². The summed E-state index contributed by atoms with van der Waals surface area (Å²) in [5.41, 5.74) is 1.65. The van der Waals surface area contributed by atoms with Crippen LogP contribution in [0.3, 0.4) is 0 Å². The number of nitrogens with one attached hydrogen (secondary N) is 1. The summed E-state index contributed by atoms with van der Waals surface area (Å²) in [5.74, 6) is 0.992. The standard InChI is InChI=1S/C14H10BrClFNO2/c15-10-5-14-13(19-7-20-14)3-8(10)6-18-9-1-2-11(16)12(17)4-9/h1-5,18H,6-7H2. The zero-order chi connectivity index (χ0) is 14.1. The van der Waals surface area contributed by atoms with E-state index < -0.39 is 5.82 Å². The maximum absolute atomic E-state index is 13.3. The Balaban J connectivity index is 1.76. The van der Waals surface area contributed by atoms with Gasteiger partial charge >= 0.3 is 0 Å². The second kappa shape index (κ2) is 5.50. The highest BCUT2D eigenvalue weighted by Crippen LogP contribution is 2.37. The molecule has 0 radical (unpaired) electrons. The second-order valence-electron chi connectivity index (χ2n) is 4.28. The molecule has 6 heteroatoms. The van der Waals surface area contributed by atoms with E-state index in [4.69, 9.17) is 21.1 Å². The van der Waals surface area contributed by atoms with Gasteiger partial charge in [0, 0.05) is 16.7 Å². The molecule has 3 nitrogen and oxygen atoms in total. The minimum absolute atomic E-state index is 0.111.